The second-order valence-corrected chi connectivity index (χ2v) is 4.33. The van der Waals surface area contributed by atoms with Crippen molar-refractivity contribution in [2.24, 2.45) is 0 Å². The zero-order chi connectivity index (χ0) is 11.9. The lowest BCUT2D eigenvalue weighted by atomic mass is 10.3. The lowest BCUT2D eigenvalue weighted by molar-refractivity contribution is -0.136. The quantitative estimate of drug-likeness (QED) is 0.799. The average Bonchev–Trinajstić information content (AvgIpc) is 2.63. The summed E-state index contributed by atoms with van der Waals surface area (Å²) in [6.07, 6.45) is 1.11. The Morgan fingerprint density at radius 1 is 1.06 bits per heavy atom. The maximum atomic E-state index is 11.7. The highest BCUT2D eigenvalue weighted by molar-refractivity contribution is 5.46. The fraction of sp³-hybridized carbons (Fsp3) is 0.538. The molecule has 2 rings (SSSR count). The van der Waals surface area contributed by atoms with Gasteiger partial charge in [-0.1, -0.05) is 18.2 Å². The largest absolute Gasteiger partial charge is 0.370 e. The monoisotopic (exact) mass is 238 g/mol. The van der Waals surface area contributed by atoms with E-state index in [0.29, 0.717) is 6.54 Å². The Labute approximate surface area is 102 Å². The second kappa shape index (κ2) is 6.57. The van der Waals surface area contributed by atoms with Crippen molar-refractivity contribution < 1.29 is 9.47 Å². The van der Waals surface area contributed by atoms with Crippen LogP contribution in [-0.2, 0) is 4.94 Å². The Balaban J connectivity index is 1.87. The van der Waals surface area contributed by atoms with Crippen LogP contribution in [0.4, 0.5) is 10.2 Å². The predicted octanol–water partition coefficient (Wildman–Crippen LogP) is 2.10. The lowest BCUT2D eigenvalue weighted by Gasteiger charge is -2.23. The highest BCUT2D eigenvalue weighted by atomic mass is 19.3. The van der Waals surface area contributed by atoms with Crippen molar-refractivity contribution in [2.75, 3.05) is 44.2 Å². The van der Waals surface area contributed by atoms with Crippen molar-refractivity contribution in [3.63, 3.8) is 0 Å². The van der Waals surface area contributed by atoms with Crippen molar-refractivity contribution in [1.29, 1.82) is 0 Å². The molecule has 0 aliphatic carbocycles. The van der Waals surface area contributed by atoms with E-state index in [1.165, 1.54) is 5.69 Å². The topological polar surface area (TPSA) is 15.7 Å². The minimum Gasteiger partial charge on any atom is -0.370 e. The van der Waals surface area contributed by atoms with E-state index >= 15 is 0 Å². The molecule has 4 heteroatoms. The summed E-state index contributed by atoms with van der Waals surface area (Å²) in [4.78, 5) is 8.28. The number of benzene rings is 1. The molecule has 0 atom stereocenters. The molecule has 0 saturated carbocycles. The zero-order valence-electron chi connectivity index (χ0n) is 10.0. The van der Waals surface area contributed by atoms with Gasteiger partial charge in [0.1, 0.15) is 6.61 Å². The van der Waals surface area contributed by atoms with E-state index in [1.807, 2.05) is 6.07 Å². The van der Waals surface area contributed by atoms with Crippen molar-refractivity contribution in [3.8, 4) is 0 Å². The number of halogens is 1. The van der Waals surface area contributed by atoms with Crippen molar-refractivity contribution in [3.05, 3.63) is 30.3 Å². The third-order valence-corrected chi connectivity index (χ3v) is 3.19. The van der Waals surface area contributed by atoms with Gasteiger partial charge in [0.25, 0.3) is 0 Å². The Hall–Kier alpha value is -1.13. The van der Waals surface area contributed by atoms with E-state index < -0.39 is 0 Å². The van der Waals surface area contributed by atoms with Gasteiger partial charge in [-0.2, -0.15) is 4.94 Å². The van der Waals surface area contributed by atoms with Crippen LogP contribution in [0.2, 0.25) is 0 Å². The zero-order valence-corrected chi connectivity index (χ0v) is 10.0. The molecule has 1 saturated heterocycles. The summed E-state index contributed by atoms with van der Waals surface area (Å²) in [6, 6.07) is 10.4. The molecule has 0 radical (unpaired) electrons. The summed E-state index contributed by atoms with van der Waals surface area (Å²) in [5.41, 5.74) is 1.27. The molecule has 1 aromatic rings. The summed E-state index contributed by atoms with van der Waals surface area (Å²) in [5.74, 6) is 0. The van der Waals surface area contributed by atoms with Crippen LogP contribution in [-0.4, -0.2) is 44.2 Å². The maximum Gasteiger partial charge on any atom is 0.100 e. The average molecular weight is 238 g/mol. The first-order valence-corrected chi connectivity index (χ1v) is 6.16. The van der Waals surface area contributed by atoms with Crippen LogP contribution in [0.5, 0.6) is 0 Å². The molecule has 94 valence electrons. The third-order valence-electron chi connectivity index (χ3n) is 3.19. The number of para-hydroxylation sites is 1. The van der Waals surface area contributed by atoms with Crippen LogP contribution >= 0.6 is 0 Å². The Morgan fingerprint density at radius 3 is 2.65 bits per heavy atom. The molecule has 1 heterocycles. The van der Waals surface area contributed by atoms with Crippen molar-refractivity contribution in [2.45, 2.75) is 6.42 Å². The van der Waals surface area contributed by atoms with Gasteiger partial charge in [0, 0.05) is 31.9 Å². The van der Waals surface area contributed by atoms with Gasteiger partial charge in [-0.15, -0.1) is 0 Å². The van der Waals surface area contributed by atoms with E-state index in [2.05, 4.69) is 39.0 Å². The van der Waals surface area contributed by atoms with Crippen LogP contribution in [0.3, 0.4) is 0 Å². The van der Waals surface area contributed by atoms with E-state index in [4.69, 9.17) is 0 Å². The first kappa shape index (κ1) is 12.3. The van der Waals surface area contributed by atoms with Gasteiger partial charge in [-0.25, -0.2) is 0 Å². The van der Waals surface area contributed by atoms with E-state index in [-0.39, 0.29) is 6.61 Å². The number of nitrogens with zero attached hydrogens (tertiary/aromatic N) is 2. The minimum atomic E-state index is 0.172. The van der Waals surface area contributed by atoms with Gasteiger partial charge in [0.15, 0.2) is 0 Å². The molecule has 1 fully saturated rings. The maximum absolute atomic E-state index is 11.7. The first-order chi connectivity index (χ1) is 8.40. The molecule has 1 aliphatic heterocycles. The second-order valence-electron chi connectivity index (χ2n) is 4.33. The fourth-order valence-corrected chi connectivity index (χ4v) is 2.26. The molecular formula is C13H19FN2O. The van der Waals surface area contributed by atoms with Gasteiger partial charge in [-0.05, 0) is 29.6 Å². The number of rotatable bonds is 4. The SMILES string of the molecule is FOCCN1CCCN(c2ccccc2)CC1. The van der Waals surface area contributed by atoms with Crippen molar-refractivity contribution >= 4 is 5.69 Å². The number of anilines is 1. The fourth-order valence-electron chi connectivity index (χ4n) is 2.26. The predicted molar refractivity (Wildman–Crippen MR) is 66.8 cm³/mol. The number of hydrogen-bond donors (Lipinski definition) is 0. The molecular weight excluding hydrogens is 219 g/mol. The summed E-state index contributed by atoms with van der Waals surface area (Å²) in [5, 5.41) is 0. The third kappa shape index (κ3) is 3.68. The van der Waals surface area contributed by atoms with Gasteiger partial charge >= 0.3 is 0 Å². The molecule has 1 aliphatic rings. The normalized spacial score (nSPS) is 18.1. The van der Waals surface area contributed by atoms with Crippen LogP contribution in [0.25, 0.3) is 0 Å². The molecule has 0 bridgehead atoms. The molecule has 0 N–H and O–H groups in total. The molecule has 0 aromatic heterocycles. The molecule has 0 amide bonds. The van der Waals surface area contributed by atoms with Crippen LogP contribution in [0, 0.1) is 0 Å². The molecule has 1 aromatic carbocycles. The van der Waals surface area contributed by atoms with Crippen LogP contribution in [0.1, 0.15) is 6.42 Å². The molecule has 3 nitrogen and oxygen atoms in total. The highest BCUT2D eigenvalue weighted by Crippen LogP contribution is 2.15. The van der Waals surface area contributed by atoms with Gasteiger partial charge < -0.3 is 4.90 Å². The van der Waals surface area contributed by atoms with E-state index in [9.17, 15) is 4.53 Å². The highest BCUT2D eigenvalue weighted by Gasteiger charge is 2.14. The summed E-state index contributed by atoms with van der Waals surface area (Å²) < 4.78 is 11.7. The lowest BCUT2D eigenvalue weighted by Crippen LogP contribution is -2.32. The van der Waals surface area contributed by atoms with Crippen LogP contribution < -0.4 is 4.90 Å². The van der Waals surface area contributed by atoms with Gasteiger partial charge in [0.2, 0.25) is 0 Å². The standard InChI is InChI=1S/C13H19FN2O/c14-17-12-11-15-7-4-8-16(10-9-15)13-5-2-1-3-6-13/h1-3,5-6H,4,7-12H2. The van der Waals surface area contributed by atoms with Crippen molar-refractivity contribution in [1.82, 2.24) is 4.90 Å². The Kier molecular flexibility index (Phi) is 4.76. The van der Waals surface area contributed by atoms with E-state index in [1.54, 1.807) is 0 Å². The summed E-state index contributed by atoms with van der Waals surface area (Å²) in [6.45, 7) is 4.91. The molecule has 17 heavy (non-hydrogen) atoms. The summed E-state index contributed by atoms with van der Waals surface area (Å²) in [7, 11) is 0. The van der Waals surface area contributed by atoms with Gasteiger partial charge in [0.05, 0.1) is 0 Å². The Bertz CT molecular complexity index is 320. The Morgan fingerprint density at radius 2 is 1.88 bits per heavy atom. The summed E-state index contributed by atoms with van der Waals surface area (Å²) >= 11 is 0. The number of hydrogen-bond acceptors (Lipinski definition) is 3. The minimum absolute atomic E-state index is 0.172. The molecule has 0 unspecified atom stereocenters. The van der Waals surface area contributed by atoms with Crippen LogP contribution in [0.15, 0.2) is 30.3 Å². The molecule has 0 spiro atoms. The smallest absolute Gasteiger partial charge is 0.100 e. The van der Waals surface area contributed by atoms with E-state index in [0.717, 1.165) is 32.6 Å². The van der Waals surface area contributed by atoms with Gasteiger partial charge in [-0.3, -0.25) is 4.90 Å². The first-order valence-electron chi connectivity index (χ1n) is 6.16.